The molecule has 1 nitrogen and oxygen atoms in total. The minimum absolute atomic E-state index is 0.361. The molecule has 1 atom stereocenters. The number of rotatable bonds is 4. The highest BCUT2D eigenvalue weighted by Gasteiger charge is 2.11. The van der Waals surface area contributed by atoms with E-state index in [4.69, 9.17) is 17.3 Å². The van der Waals surface area contributed by atoms with Crippen LogP contribution in [-0.2, 0) is 6.42 Å². The molecule has 0 fully saturated rings. The molecule has 0 saturated carbocycles. The van der Waals surface area contributed by atoms with Crippen molar-refractivity contribution in [1.29, 1.82) is 0 Å². The van der Waals surface area contributed by atoms with Crippen molar-refractivity contribution in [2.24, 2.45) is 5.73 Å². The lowest BCUT2D eigenvalue weighted by molar-refractivity contribution is 0.693. The fourth-order valence-corrected chi connectivity index (χ4v) is 2.61. The van der Waals surface area contributed by atoms with Crippen LogP contribution in [0, 0.1) is 13.8 Å². The van der Waals surface area contributed by atoms with Gasteiger partial charge in [0, 0.05) is 10.9 Å². The predicted molar refractivity (Wildman–Crippen MR) is 82.9 cm³/mol. The normalized spacial score (nSPS) is 12.4. The quantitative estimate of drug-likeness (QED) is 0.886. The second-order valence-corrected chi connectivity index (χ2v) is 5.62. The van der Waals surface area contributed by atoms with Gasteiger partial charge in [-0.05, 0) is 50.1 Å². The van der Waals surface area contributed by atoms with Gasteiger partial charge >= 0.3 is 0 Å². The van der Waals surface area contributed by atoms with E-state index in [1.807, 2.05) is 12.1 Å². The molecule has 2 aromatic rings. The predicted octanol–water partition coefficient (Wildman–Crippen LogP) is 4.24. The first-order valence-corrected chi connectivity index (χ1v) is 6.99. The van der Waals surface area contributed by atoms with E-state index in [2.05, 4.69) is 44.2 Å². The van der Waals surface area contributed by atoms with E-state index >= 15 is 0 Å². The minimum Gasteiger partial charge on any atom is -0.330 e. The molecule has 2 rings (SSSR count). The second-order valence-electron chi connectivity index (χ2n) is 5.18. The Balaban J connectivity index is 2.22. The third kappa shape index (κ3) is 3.82. The van der Waals surface area contributed by atoms with Crippen LogP contribution in [0.1, 0.15) is 28.2 Å². The van der Waals surface area contributed by atoms with E-state index in [0.29, 0.717) is 12.5 Å². The van der Waals surface area contributed by atoms with Crippen molar-refractivity contribution in [2.45, 2.75) is 26.2 Å². The SMILES string of the molecule is Cc1cc(C)cc(C(CN)Cc2ccc(Cl)cc2)c1. The number of benzene rings is 2. The molecule has 0 amide bonds. The van der Waals surface area contributed by atoms with Gasteiger partial charge in [0.05, 0.1) is 0 Å². The molecule has 2 heteroatoms. The van der Waals surface area contributed by atoms with Crippen LogP contribution in [0.15, 0.2) is 42.5 Å². The molecule has 19 heavy (non-hydrogen) atoms. The lowest BCUT2D eigenvalue weighted by Crippen LogP contribution is -2.15. The fourth-order valence-electron chi connectivity index (χ4n) is 2.49. The van der Waals surface area contributed by atoms with Gasteiger partial charge in [-0.1, -0.05) is 53.1 Å². The van der Waals surface area contributed by atoms with Crippen LogP contribution < -0.4 is 5.73 Å². The first-order valence-electron chi connectivity index (χ1n) is 6.61. The molecule has 100 valence electrons. The highest BCUT2D eigenvalue weighted by molar-refractivity contribution is 6.30. The van der Waals surface area contributed by atoms with Gasteiger partial charge in [-0.3, -0.25) is 0 Å². The molecular weight excluding hydrogens is 254 g/mol. The van der Waals surface area contributed by atoms with Crippen LogP contribution in [0.4, 0.5) is 0 Å². The second kappa shape index (κ2) is 6.23. The summed E-state index contributed by atoms with van der Waals surface area (Å²) in [6.45, 7) is 4.92. The van der Waals surface area contributed by atoms with E-state index < -0.39 is 0 Å². The van der Waals surface area contributed by atoms with Crippen molar-refractivity contribution < 1.29 is 0 Å². The lowest BCUT2D eigenvalue weighted by Gasteiger charge is -2.17. The molecule has 0 spiro atoms. The molecule has 0 bridgehead atoms. The summed E-state index contributed by atoms with van der Waals surface area (Å²) in [5, 5.41) is 0.777. The fraction of sp³-hybridized carbons (Fsp3) is 0.294. The zero-order valence-electron chi connectivity index (χ0n) is 11.5. The summed E-state index contributed by atoms with van der Waals surface area (Å²) < 4.78 is 0. The van der Waals surface area contributed by atoms with Crippen molar-refractivity contribution in [3.63, 3.8) is 0 Å². The lowest BCUT2D eigenvalue weighted by atomic mass is 9.90. The first-order chi connectivity index (χ1) is 9.08. The Kier molecular flexibility index (Phi) is 4.62. The maximum atomic E-state index is 5.96. The highest BCUT2D eigenvalue weighted by Crippen LogP contribution is 2.23. The molecule has 0 radical (unpaired) electrons. The molecule has 0 aliphatic carbocycles. The molecule has 0 heterocycles. The zero-order valence-corrected chi connectivity index (χ0v) is 12.2. The number of halogens is 1. The number of aryl methyl sites for hydroxylation is 2. The summed E-state index contributed by atoms with van der Waals surface area (Å²) in [7, 11) is 0. The molecule has 0 aromatic heterocycles. The Morgan fingerprint density at radius 1 is 1.00 bits per heavy atom. The van der Waals surface area contributed by atoms with Gasteiger partial charge in [-0.2, -0.15) is 0 Å². The molecule has 0 aliphatic rings. The van der Waals surface area contributed by atoms with E-state index in [-0.39, 0.29) is 0 Å². The Hall–Kier alpha value is -1.31. The summed E-state index contributed by atoms with van der Waals surface area (Å²) in [6, 6.07) is 14.7. The monoisotopic (exact) mass is 273 g/mol. The molecule has 1 unspecified atom stereocenters. The van der Waals surface area contributed by atoms with Gasteiger partial charge in [-0.15, -0.1) is 0 Å². The molecule has 0 saturated heterocycles. The van der Waals surface area contributed by atoms with Crippen LogP contribution in [-0.4, -0.2) is 6.54 Å². The highest BCUT2D eigenvalue weighted by atomic mass is 35.5. The topological polar surface area (TPSA) is 26.0 Å². The van der Waals surface area contributed by atoms with Crippen LogP contribution in [0.2, 0.25) is 5.02 Å². The van der Waals surface area contributed by atoms with Gasteiger partial charge in [0.25, 0.3) is 0 Å². The summed E-state index contributed by atoms with van der Waals surface area (Å²) in [6.07, 6.45) is 0.955. The summed E-state index contributed by atoms with van der Waals surface area (Å²) in [4.78, 5) is 0. The largest absolute Gasteiger partial charge is 0.330 e. The minimum atomic E-state index is 0.361. The van der Waals surface area contributed by atoms with Crippen LogP contribution in [0.3, 0.4) is 0 Å². The summed E-state index contributed by atoms with van der Waals surface area (Å²) >= 11 is 5.92. The first kappa shape index (κ1) is 14.1. The average Bonchev–Trinajstić information content (AvgIpc) is 2.37. The summed E-state index contributed by atoms with van der Waals surface area (Å²) in [5.41, 5.74) is 11.2. The van der Waals surface area contributed by atoms with Crippen molar-refractivity contribution >= 4 is 11.6 Å². The van der Waals surface area contributed by atoms with E-state index in [0.717, 1.165) is 11.4 Å². The van der Waals surface area contributed by atoms with Crippen molar-refractivity contribution in [3.8, 4) is 0 Å². The van der Waals surface area contributed by atoms with Gasteiger partial charge in [0.2, 0.25) is 0 Å². The molecular formula is C17H20ClN. The standard InChI is InChI=1S/C17H20ClN/c1-12-7-13(2)9-15(8-12)16(11-19)10-14-3-5-17(18)6-4-14/h3-9,16H,10-11,19H2,1-2H3. The molecule has 0 aliphatic heterocycles. The van der Waals surface area contributed by atoms with E-state index in [9.17, 15) is 0 Å². The zero-order chi connectivity index (χ0) is 13.8. The van der Waals surface area contributed by atoms with Crippen LogP contribution in [0.25, 0.3) is 0 Å². The Morgan fingerprint density at radius 2 is 1.58 bits per heavy atom. The van der Waals surface area contributed by atoms with Gasteiger partial charge in [0.1, 0.15) is 0 Å². The Morgan fingerprint density at radius 3 is 2.11 bits per heavy atom. The van der Waals surface area contributed by atoms with E-state index in [1.54, 1.807) is 0 Å². The van der Waals surface area contributed by atoms with Crippen LogP contribution >= 0.6 is 11.6 Å². The van der Waals surface area contributed by atoms with Crippen molar-refractivity contribution in [2.75, 3.05) is 6.54 Å². The Bertz CT molecular complexity index is 525. The molecule has 2 N–H and O–H groups in total. The van der Waals surface area contributed by atoms with Crippen molar-refractivity contribution in [3.05, 3.63) is 69.7 Å². The van der Waals surface area contributed by atoms with Gasteiger partial charge in [0.15, 0.2) is 0 Å². The van der Waals surface area contributed by atoms with Crippen molar-refractivity contribution in [1.82, 2.24) is 0 Å². The van der Waals surface area contributed by atoms with E-state index in [1.165, 1.54) is 22.3 Å². The number of hydrogen-bond acceptors (Lipinski definition) is 1. The van der Waals surface area contributed by atoms with Crippen LogP contribution in [0.5, 0.6) is 0 Å². The molecule has 2 aromatic carbocycles. The van der Waals surface area contributed by atoms with Gasteiger partial charge < -0.3 is 5.73 Å². The number of hydrogen-bond donors (Lipinski definition) is 1. The number of nitrogens with two attached hydrogens (primary N) is 1. The summed E-state index contributed by atoms with van der Waals surface area (Å²) in [5.74, 6) is 0.361. The third-order valence-corrected chi connectivity index (χ3v) is 3.65. The average molecular weight is 274 g/mol. The Labute approximate surface area is 120 Å². The smallest absolute Gasteiger partial charge is 0.0406 e. The van der Waals surface area contributed by atoms with Gasteiger partial charge in [-0.25, -0.2) is 0 Å². The third-order valence-electron chi connectivity index (χ3n) is 3.40. The maximum Gasteiger partial charge on any atom is 0.0406 e. The maximum absolute atomic E-state index is 5.96.